The highest BCUT2D eigenvalue weighted by Crippen LogP contribution is 2.40. The molecule has 2 unspecified atom stereocenters. The molecule has 4 nitrogen and oxygen atoms in total. The van der Waals surface area contributed by atoms with Crippen LogP contribution in [0.3, 0.4) is 0 Å². The first-order chi connectivity index (χ1) is 21.1. The second kappa shape index (κ2) is 19.0. The highest BCUT2D eigenvalue weighted by molar-refractivity contribution is 5.54. The summed E-state index contributed by atoms with van der Waals surface area (Å²) in [4.78, 5) is 0. The summed E-state index contributed by atoms with van der Waals surface area (Å²) in [5.74, 6) is 3.36. The first kappa shape index (κ1) is 35.8. The lowest BCUT2D eigenvalue weighted by Gasteiger charge is -2.28. The van der Waals surface area contributed by atoms with Crippen LogP contribution >= 0.6 is 0 Å². The van der Waals surface area contributed by atoms with E-state index in [1.807, 2.05) is 60.7 Å². The Balaban J connectivity index is 0.000000277. The van der Waals surface area contributed by atoms with Gasteiger partial charge in [-0.1, -0.05) is 126 Å². The second-order valence-electron chi connectivity index (χ2n) is 11.5. The third-order valence-electron chi connectivity index (χ3n) is 7.48. The number of rotatable bonds is 11. The van der Waals surface area contributed by atoms with Gasteiger partial charge in [0.15, 0.2) is 23.0 Å². The number of hydrogen-bond acceptors (Lipinski definition) is 4. The van der Waals surface area contributed by atoms with E-state index in [0.29, 0.717) is 23.7 Å². The van der Waals surface area contributed by atoms with E-state index in [0.717, 1.165) is 35.5 Å². The minimum absolute atomic E-state index is 0.0259. The zero-order chi connectivity index (χ0) is 32.5. The molecule has 4 aromatic rings. The Hall–Kier alpha value is -4.44. The average molecular weight is 595 g/mol. The fourth-order valence-electron chi connectivity index (χ4n) is 5.10. The average Bonchev–Trinajstić information content (AvgIpc) is 3.05. The molecule has 0 fully saturated rings. The summed E-state index contributed by atoms with van der Waals surface area (Å²) in [7, 11) is 3.23. The van der Waals surface area contributed by atoms with Gasteiger partial charge in [0.1, 0.15) is 0 Å². The number of ether oxygens (including phenoxy) is 2. The van der Waals surface area contributed by atoms with Crippen LogP contribution in [0, 0.1) is 11.8 Å². The number of phenols is 2. The van der Waals surface area contributed by atoms with Crippen LogP contribution in [0.25, 0.3) is 12.2 Å². The summed E-state index contributed by atoms with van der Waals surface area (Å²) >= 11 is 0. The monoisotopic (exact) mass is 594 g/mol. The van der Waals surface area contributed by atoms with E-state index in [4.69, 9.17) is 9.47 Å². The van der Waals surface area contributed by atoms with Crippen molar-refractivity contribution in [1.29, 1.82) is 0 Å². The Morgan fingerprint density at radius 1 is 0.614 bits per heavy atom. The fraction of sp³-hybridized carbons (Fsp3) is 0.300. The molecule has 234 valence electrons. The van der Waals surface area contributed by atoms with Crippen LogP contribution < -0.4 is 9.47 Å². The number of benzene rings is 4. The van der Waals surface area contributed by atoms with Crippen molar-refractivity contribution in [2.75, 3.05) is 14.2 Å². The summed E-state index contributed by atoms with van der Waals surface area (Å²) in [6, 6.07) is 31.7. The minimum Gasteiger partial charge on any atom is -0.504 e. The van der Waals surface area contributed by atoms with Gasteiger partial charge in [0, 0.05) is 0 Å². The lowest BCUT2D eigenvalue weighted by atomic mass is 9.76. The van der Waals surface area contributed by atoms with Crippen molar-refractivity contribution in [2.45, 2.75) is 52.4 Å². The molecule has 0 saturated heterocycles. The van der Waals surface area contributed by atoms with Crippen LogP contribution in [0.4, 0.5) is 0 Å². The van der Waals surface area contributed by atoms with E-state index < -0.39 is 0 Å². The topological polar surface area (TPSA) is 58.9 Å². The molecule has 0 heterocycles. The molecule has 0 amide bonds. The predicted molar refractivity (Wildman–Crippen MR) is 187 cm³/mol. The molecule has 0 bridgehead atoms. The highest BCUT2D eigenvalue weighted by Gasteiger charge is 2.23. The van der Waals surface area contributed by atoms with Gasteiger partial charge in [0.2, 0.25) is 0 Å². The van der Waals surface area contributed by atoms with E-state index in [9.17, 15) is 10.2 Å². The van der Waals surface area contributed by atoms with Crippen molar-refractivity contribution in [3.05, 3.63) is 132 Å². The molecule has 2 atom stereocenters. The van der Waals surface area contributed by atoms with Crippen LogP contribution in [0.2, 0.25) is 0 Å². The first-order valence-electron chi connectivity index (χ1n) is 15.2. The molecule has 0 saturated carbocycles. The molecular formula is C40H50O4. The van der Waals surface area contributed by atoms with Gasteiger partial charge in [-0.15, -0.1) is 0 Å². The maximum atomic E-state index is 9.89. The molecule has 0 radical (unpaired) electrons. The van der Waals surface area contributed by atoms with E-state index in [-0.39, 0.29) is 11.5 Å². The molecule has 0 spiro atoms. The standard InChI is InChI=1S/C22H30O2.C10H12O2.C8H8/c1-15(2)12-19(18-10-11-21(23)22(24)14-18)13-20(16(3)4)17-8-6-5-7-9-17;1-4-8-5-6-9(11-2)10(7-8)12-3;1-2-8-6-4-3-5-7-8/h5-11,14-16,19-20,23-24H,12-13H2,1-4H3;4-7H,1H2,2-3H3;2-7H,1H2. The molecule has 0 aromatic heterocycles. The van der Waals surface area contributed by atoms with Crippen LogP contribution in [-0.4, -0.2) is 24.4 Å². The first-order valence-corrected chi connectivity index (χ1v) is 15.2. The minimum atomic E-state index is -0.0504. The van der Waals surface area contributed by atoms with Gasteiger partial charge in [-0.2, -0.15) is 0 Å². The highest BCUT2D eigenvalue weighted by atomic mass is 16.5. The number of aromatic hydroxyl groups is 2. The van der Waals surface area contributed by atoms with Gasteiger partial charge in [-0.3, -0.25) is 0 Å². The van der Waals surface area contributed by atoms with Crippen molar-refractivity contribution in [1.82, 2.24) is 0 Å². The van der Waals surface area contributed by atoms with Crippen molar-refractivity contribution >= 4 is 12.2 Å². The molecule has 0 aliphatic heterocycles. The maximum Gasteiger partial charge on any atom is 0.161 e. The van der Waals surface area contributed by atoms with Crippen molar-refractivity contribution in [3.63, 3.8) is 0 Å². The molecule has 44 heavy (non-hydrogen) atoms. The van der Waals surface area contributed by atoms with Crippen LogP contribution in [-0.2, 0) is 0 Å². The van der Waals surface area contributed by atoms with Gasteiger partial charge in [0.25, 0.3) is 0 Å². The van der Waals surface area contributed by atoms with Crippen molar-refractivity contribution in [3.8, 4) is 23.0 Å². The summed E-state index contributed by atoms with van der Waals surface area (Å²) in [5.41, 5.74) is 4.69. The SMILES string of the molecule is C=Cc1ccc(OC)c(OC)c1.C=Cc1ccccc1.CC(C)CC(CC(c1ccccc1)C(C)C)c1ccc(O)c(O)c1. The molecule has 0 aliphatic carbocycles. The molecule has 0 aliphatic rings. The van der Waals surface area contributed by atoms with E-state index >= 15 is 0 Å². The van der Waals surface area contributed by atoms with Crippen molar-refractivity contribution < 1.29 is 19.7 Å². The fourth-order valence-corrected chi connectivity index (χ4v) is 5.10. The Kier molecular flexibility index (Phi) is 15.4. The van der Waals surface area contributed by atoms with E-state index in [2.05, 4.69) is 71.2 Å². The van der Waals surface area contributed by atoms with Gasteiger partial charge in [-0.25, -0.2) is 0 Å². The van der Waals surface area contributed by atoms with Gasteiger partial charge < -0.3 is 19.7 Å². The third-order valence-corrected chi connectivity index (χ3v) is 7.48. The quantitative estimate of drug-likeness (QED) is 0.170. The Morgan fingerprint density at radius 3 is 1.68 bits per heavy atom. The third kappa shape index (κ3) is 11.7. The smallest absolute Gasteiger partial charge is 0.161 e. The molecule has 4 heteroatoms. The van der Waals surface area contributed by atoms with Crippen LogP contribution in [0.15, 0.2) is 110 Å². The number of methoxy groups -OCH3 is 2. The molecule has 4 aromatic carbocycles. The lowest BCUT2D eigenvalue weighted by molar-refractivity contribution is 0.355. The number of hydrogen-bond donors (Lipinski definition) is 2. The van der Waals surface area contributed by atoms with Gasteiger partial charge in [-0.05, 0) is 83.0 Å². The summed E-state index contributed by atoms with van der Waals surface area (Å²) in [6.07, 6.45) is 5.71. The second-order valence-corrected chi connectivity index (χ2v) is 11.5. The molecule has 2 N–H and O–H groups in total. The Bertz CT molecular complexity index is 1390. The summed E-state index contributed by atoms with van der Waals surface area (Å²) < 4.78 is 10.2. The Morgan fingerprint density at radius 2 is 1.20 bits per heavy atom. The lowest BCUT2D eigenvalue weighted by Crippen LogP contribution is -2.13. The van der Waals surface area contributed by atoms with E-state index in [1.54, 1.807) is 32.4 Å². The largest absolute Gasteiger partial charge is 0.504 e. The van der Waals surface area contributed by atoms with Crippen LogP contribution in [0.1, 0.15) is 74.6 Å². The Labute approximate surface area is 265 Å². The molecule has 4 rings (SSSR count). The van der Waals surface area contributed by atoms with Gasteiger partial charge >= 0.3 is 0 Å². The molecular weight excluding hydrogens is 544 g/mol. The maximum absolute atomic E-state index is 9.89. The number of phenolic OH excluding ortho intramolecular Hbond substituents is 2. The zero-order valence-corrected chi connectivity index (χ0v) is 27.2. The van der Waals surface area contributed by atoms with Gasteiger partial charge in [0.05, 0.1) is 14.2 Å². The van der Waals surface area contributed by atoms with Crippen molar-refractivity contribution in [2.24, 2.45) is 11.8 Å². The summed E-state index contributed by atoms with van der Waals surface area (Å²) in [6.45, 7) is 16.3. The summed E-state index contributed by atoms with van der Waals surface area (Å²) in [5, 5.41) is 19.5. The zero-order valence-electron chi connectivity index (χ0n) is 27.2. The van der Waals surface area contributed by atoms with E-state index in [1.165, 1.54) is 11.1 Å². The predicted octanol–water partition coefficient (Wildman–Crippen LogP) is 10.7. The normalized spacial score (nSPS) is 11.7. The van der Waals surface area contributed by atoms with Crippen LogP contribution in [0.5, 0.6) is 23.0 Å².